The monoisotopic (exact) mass is 402 g/mol. The first-order valence-electron chi connectivity index (χ1n) is 8.65. The van der Waals surface area contributed by atoms with Crippen LogP contribution >= 0.6 is 11.3 Å². The Morgan fingerprint density at radius 1 is 1.04 bits per heavy atom. The molecule has 9 heteroatoms. The Balaban J connectivity index is 1.53. The van der Waals surface area contributed by atoms with Gasteiger partial charge in [-0.25, -0.2) is 18.4 Å². The number of piperidine rings is 1. The van der Waals surface area contributed by atoms with Crippen molar-refractivity contribution in [2.45, 2.75) is 24.2 Å². The van der Waals surface area contributed by atoms with Crippen molar-refractivity contribution in [3.05, 3.63) is 47.6 Å². The van der Waals surface area contributed by atoms with Crippen molar-refractivity contribution in [2.75, 3.05) is 18.4 Å². The van der Waals surface area contributed by atoms with Gasteiger partial charge in [0, 0.05) is 18.7 Å². The highest BCUT2D eigenvalue weighted by Crippen LogP contribution is 2.25. The first-order valence-corrected chi connectivity index (χ1v) is 11.0. The number of nitrogens with one attached hydrogen (secondary N) is 1. The number of benzene rings is 1. The van der Waals surface area contributed by atoms with E-state index >= 15 is 0 Å². The van der Waals surface area contributed by atoms with Crippen molar-refractivity contribution >= 4 is 43.3 Å². The summed E-state index contributed by atoms with van der Waals surface area (Å²) in [6, 6.07) is 7.87. The van der Waals surface area contributed by atoms with Gasteiger partial charge in [-0.15, -0.1) is 11.3 Å². The van der Waals surface area contributed by atoms with Crippen LogP contribution in [0.15, 0.2) is 46.9 Å². The van der Waals surface area contributed by atoms with Crippen molar-refractivity contribution in [1.29, 1.82) is 0 Å². The third-order valence-electron chi connectivity index (χ3n) is 4.56. The predicted octanol–water partition coefficient (Wildman–Crippen LogP) is 3.12. The van der Waals surface area contributed by atoms with E-state index in [-0.39, 0.29) is 10.8 Å². The first-order chi connectivity index (χ1) is 13.1. The normalized spacial score (nSPS) is 15.7. The molecule has 0 unspecified atom stereocenters. The number of aromatic nitrogens is 2. The summed E-state index contributed by atoms with van der Waals surface area (Å²) in [5.74, 6) is 0.0967. The molecule has 4 rings (SSSR count). The molecule has 7 nitrogen and oxygen atoms in total. The number of amides is 1. The Bertz CT molecular complexity index is 1070. The lowest BCUT2D eigenvalue weighted by Crippen LogP contribution is -2.35. The van der Waals surface area contributed by atoms with Crippen molar-refractivity contribution in [2.24, 2.45) is 0 Å². The van der Waals surface area contributed by atoms with Crippen molar-refractivity contribution in [1.82, 2.24) is 14.3 Å². The molecule has 2 aromatic heterocycles. The van der Waals surface area contributed by atoms with Gasteiger partial charge in [0.05, 0.1) is 10.3 Å². The zero-order chi connectivity index (χ0) is 18.9. The maximum atomic E-state index is 12.7. The first kappa shape index (κ1) is 18.0. The number of carbonyl (C=O) groups excluding carboxylic acids is 1. The van der Waals surface area contributed by atoms with E-state index in [0.717, 1.165) is 29.5 Å². The third-order valence-corrected chi connectivity index (χ3v) is 7.30. The number of anilines is 1. The zero-order valence-electron chi connectivity index (χ0n) is 14.5. The van der Waals surface area contributed by atoms with Gasteiger partial charge in [0.25, 0.3) is 5.91 Å². The van der Waals surface area contributed by atoms with E-state index in [9.17, 15) is 13.2 Å². The van der Waals surface area contributed by atoms with Crippen molar-refractivity contribution in [3.8, 4) is 0 Å². The standard InChI is InChI=1S/C18H18N4O3S2/c23-17(21-16-15-8-11-26-18(15)20-12-19-16)13-4-6-14(7-5-13)27(24,25)22-9-2-1-3-10-22/h4-8,11-12H,1-3,9-10H2,(H,19,20,21,23). The number of thiophene rings is 1. The van der Waals surface area contributed by atoms with Crippen molar-refractivity contribution in [3.63, 3.8) is 0 Å². The van der Waals surface area contributed by atoms with Gasteiger partial charge in [-0.3, -0.25) is 4.79 Å². The van der Waals surface area contributed by atoms with E-state index < -0.39 is 10.0 Å². The summed E-state index contributed by atoms with van der Waals surface area (Å²) in [6.45, 7) is 1.10. The summed E-state index contributed by atoms with van der Waals surface area (Å²) in [7, 11) is -3.50. The molecule has 140 valence electrons. The van der Waals surface area contributed by atoms with Crippen molar-refractivity contribution < 1.29 is 13.2 Å². The lowest BCUT2D eigenvalue weighted by molar-refractivity contribution is 0.102. The van der Waals surface area contributed by atoms with Gasteiger partial charge in [0.2, 0.25) is 10.0 Å². The molecule has 1 amide bonds. The zero-order valence-corrected chi connectivity index (χ0v) is 16.1. The average Bonchev–Trinajstić information content (AvgIpc) is 3.19. The van der Waals surface area contributed by atoms with Gasteiger partial charge in [-0.2, -0.15) is 4.31 Å². The second-order valence-corrected chi connectivity index (χ2v) is 9.14. The average molecular weight is 403 g/mol. The van der Waals surface area contributed by atoms with E-state index in [2.05, 4.69) is 15.3 Å². The molecule has 27 heavy (non-hydrogen) atoms. The van der Waals surface area contributed by atoms with E-state index in [4.69, 9.17) is 0 Å². The minimum Gasteiger partial charge on any atom is -0.306 e. The minimum absolute atomic E-state index is 0.211. The molecule has 1 aliphatic heterocycles. The van der Waals surface area contributed by atoms with Crippen LogP contribution in [0.1, 0.15) is 29.6 Å². The Hall–Kier alpha value is -2.36. The van der Waals surface area contributed by atoms with Crippen LogP contribution < -0.4 is 5.32 Å². The molecule has 0 aliphatic carbocycles. The number of rotatable bonds is 4. The highest BCUT2D eigenvalue weighted by molar-refractivity contribution is 7.89. The topological polar surface area (TPSA) is 92.3 Å². The van der Waals surface area contributed by atoms with Crippen LogP contribution in [0.2, 0.25) is 0 Å². The fourth-order valence-corrected chi connectivity index (χ4v) is 5.35. The van der Waals surface area contributed by atoms with Crippen LogP contribution in [0.5, 0.6) is 0 Å². The maximum Gasteiger partial charge on any atom is 0.256 e. The van der Waals surface area contributed by atoms with Gasteiger partial charge < -0.3 is 5.32 Å². The van der Waals surface area contributed by atoms with Crippen LogP contribution in [-0.4, -0.2) is 41.7 Å². The number of carbonyl (C=O) groups is 1. The van der Waals surface area contributed by atoms with Crippen LogP contribution in [0.3, 0.4) is 0 Å². The molecule has 0 spiro atoms. The van der Waals surface area contributed by atoms with E-state index in [1.165, 1.54) is 46.2 Å². The summed E-state index contributed by atoms with van der Waals surface area (Å²) >= 11 is 1.47. The molecule has 3 heterocycles. The van der Waals surface area contributed by atoms with E-state index in [1.54, 1.807) is 0 Å². The van der Waals surface area contributed by atoms with Gasteiger partial charge >= 0.3 is 0 Å². The van der Waals surface area contributed by atoms with E-state index in [0.29, 0.717) is 24.5 Å². The quantitative estimate of drug-likeness (QED) is 0.724. The second-order valence-electron chi connectivity index (χ2n) is 6.30. The highest BCUT2D eigenvalue weighted by atomic mass is 32.2. The van der Waals surface area contributed by atoms with Crippen LogP contribution in [-0.2, 0) is 10.0 Å². The fourth-order valence-electron chi connectivity index (χ4n) is 3.10. The molecule has 1 aromatic carbocycles. The number of nitrogens with zero attached hydrogens (tertiary/aromatic N) is 3. The van der Waals surface area contributed by atoms with Gasteiger partial charge in [-0.1, -0.05) is 6.42 Å². The largest absolute Gasteiger partial charge is 0.306 e. The SMILES string of the molecule is O=C(Nc1ncnc2sccc12)c1ccc(S(=O)(=O)N2CCCCC2)cc1. The molecule has 1 aliphatic rings. The molecule has 1 fully saturated rings. The number of sulfonamides is 1. The van der Waals surface area contributed by atoms with Crippen LogP contribution in [0.4, 0.5) is 5.82 Å². The number of hydrogen-bond acceptors (Lipinski definition) is 6. The molecule has 0 saturated carbocycles. The Labute approximate surface area is 161 Å². The summed E-state index contributed by atoms with van der Waals surface area (Å²) in [4.78, 5) is 21.8. The van der Waals surface area contributed by atoms with Gasteiger partial charge in [0.1, 0.15) is 17.0 Å². The lowest BCUT2D eigenvalue weighted by Gasteiger charge is -2.25. The Morgan fingerprint density at radius 2 is 1.78 bits per heavy atom. The molecule has 0 bridgehead atoms. The summed E-state index contributed by atoms with van der Waals surface area (Å²) < 4.78 is 26.9. The molecule has 3 aromatic rings. The lowest BCUT2D eigenvalue weighted by atomic mass is 10.2. The van der Waals surface area contributed by atoms with Crippen LogP contribution in [0, 0.1) is 0 Å². The smallest absolute Gasteiger partial charge is 0.256 e. The summed E-state index contributed by atoms with van der Waals surface area (Å²) in [5, 5.41) is 5.43. The van der Waals surface area contributed by atoms with Gasteiger partial charge in [-0.05, 0) is 48.6 Å². The fraction of sp³-hybridized carbons (Fsp3) is 0.278. The maximum absolute atomic E-state index is 12.7. The highest BCUT2D eigenvalue weighted by Gasteiger charge is 2.26. The molecule has 1 N–H and O–H groups in total. The number of fused-ring (bicyclic) bond motifs is 1. The molecular weight excluding hydrogens is 384 g/mol. The Morgan fingerprint density at radius 3 is 2.52 bits per heavy atom. The third kappa shape index (κ3) is 3.58. The summed E-state index contributed by atoms with van der Waals surface area (Å²) in [5.41, 5.74) is 0.370. The number of hydrogen-bond donors (Lipinski definition) is 1. The second kappa shape index (κ2) is 7.34. The molecule has 0 atom stereocenters. The Kier molecular flexibility index (Phi) is 4.90. The molecule has 0 radical (unpaired) electrons. The molecular formula is C18H18N4O3S2. The minimum atomic E-state index is -3.50. The van der Waals surface area contributed by atoms with Crippen LogP contribution in [0.25, 0.3) is 10.2 Å². The van der Waals surface area contributed by atoms with E-state index in [1.807, 2.05) is 11.4 Å². The summed E-state index contributed by atoms with van der Waals surface area (Å²) in [6.07, 6.45) is 4.24. The molecule has 1 saturated heterocycles. The van der Waals surface area contributed by atoms with Gasteiger partial charge in [0.15, 0.2) is 0 Å². The predicted molar refractivity (Wildman–Crippen MR) is 104 cm³/mol.